The molecule has 2 N–H and O–H groups in total. The van der Waals surface area contributed by atoms with Crippen LogP contribution in [-0.2, 0) is 6.42 Å². The van der Waals surface area contributed by atoms with Crippen molar-refractivity contribution in [3.63, 3.8) is 0 Å². The largest absolute Gasteiger partial charge is 0.392 e. The zero-order valence-corrected chi connectivity index (χ0v) is 8.25. The smallest absolute Gasteiger partial charge is 0.0684 e. The summed E-state index contributed by atoms with van der Waals surface area (Å²) in [6.45, 7) is 4.51. The second-order valence-electron chi connectivity index (χ2n) is 3.28. The van der Waals surface area contributed by atoms with Gasteiger partial charge in [-0.15, -0.1) is 0 Å². The second kappa shape index (κ2) is 4.87. The molecule has 0 saturated carbocycles. The zero-order chi connectivity index (χ0) is 9.68. The van der Waals surface area contributed by atoms with E-state index in [4.69, 9.17) is 5.11 Å². The Balaban J connectivity index is 2.49. The predicted octanol–water partition coefficient (Wildman–Crippen LogP) is 2.04. The van der Waals surface area contributed by atoms with Gasteiger partial charge in [-0.2, -0.15) is 0 Å². The Labute approximate surface area is 79.6 Å². The Morgan fingerprint density at radius 1 is 1.31 bits per heavy atom. The van der Waals surface area contributed by atoms with Crippen molar-refractivity contribution in [3.05, 3.63) is 29.8 Å². The van der Waals surface area contributed by atoms with Crippen LogP contribution in [0.3, 0.4) is 0 Å². The lowest BCUT2D eigenvalue weighted by molar-refractivity contribution is 0.208. The molecule has 0 unspecified atom stereocenters. The van der Waals surface area contributed by atoms with Crippen molar-refractivity contribution in [2.24, 2.45) is 0 Å². The van der Waals surface area contributed by atoms with E-state index in [-0.39, 0.29) is 6.10 Å². The lowest BCUT2D eigenvalue weighted by atomic mass is 10.1. The highest BCUT2D eigenvalue weighted by molar-refractivity contribution is 5.44. The Hall–Kier alpha value is -1.02. The highest BCUT2D eigenvalue weighted by Gasteiger charge is 1.95. The van der Waals surface area contributed by atoms with Crippen LogP contribution in [0.4, 0.5) is 5.69 Å². The first kappa shape index (κ1) is 10.1. The first-order chi connectivity index (χ1) is 6.22. The minimum Gasteiger partial charge on any atom is -0.392 e. The lowest BCUT2D eigenvalue weighted by Gasteiger charge is -2.08. The van der Waals surface area contributed by atoms with Crippen LogP contribution in [0.15, 0.2) is 24.3 Å². The summed E-state index contributed by atoms with van der Waals surface area (Å²) in [5.41, 5.74) is 2.40. The molecule has 1 rings (SSSR count). The monoisotopic (exact) mass is 179 g/mol. The van der Waals surface area contributed by atoms with Crippen molar-refractivity contribution in [2.75, 3.05) is 11.9 Å². The van der Waals surface area contributed by atoms with Crippen LogP contribution in [0.1, 0.15) is 19.4 Å². The van der Waals surface area contributed by atoms with Crippen LogP contribution in [0.5, 0.6) is 0 Å². The molecule has 0 aliphatic heterocycles. The molecule has 0 spiro atoms. The molecular weight excluding hydrogens is 162 g/mol. The van der Waals surface area contributed by atoms with E-state index in [1.807, 2.05) is 12.1 Å². The van der Waals surface area contributed by atoms with Crippen molar-refractivity contribution < 1.29 is 5.11 Å². The third-order valence-corrected chi connectivity index (χ3v) is 1.96. The molecule has 13 heavy (non-hydrogen) atoms. The van der Waals surface area contributed by atoms with Crippen molar-refractivity contribution in [1.82, 2.24) is 0 Å². The Kier molecular flexibility index (Phi) is 3.77. The van der Waals surface area contributed by atoms with E-state index in [1.54, 1.807) is 6.92 Å². The summed E-state index contributed by atoms with van der Waals surface area (Å²) >= 11 is 0. The van der Waals surface area contributed by atoms with Crippen molar-refractivity contribution >= 4 is 5.69 Å². The first-order valence-corrected chi connectivity index (χ1v) is 4.73. The van der Waals surface area contributed by atoms with E-state index < -0.39 is 0 Å². The molecular formula is C11H17NO. The van der Waals surface area contributed by atoms with E-state index in [0.29, 0.717) is 6.54 Å². The number of benzene rings is 1. The zero-order valence-electron chi connectivity index (χ0n) is 8.25. The SMILES string of the molecule is CCc1ccc(NC[C@H](C)O)cc1. The second-order valence-corrected chi connectivity index (χ2v) is 3.28. The molecule has 1 atom stereocenters. The normalized spacial score (nSPS) is 12.5. The highest BCUT2D eigenvalue weighted by Crippen LogP contribution is 2.09. The van der Waals surface area contributed by atoms with Gasteiger partial charge in [0, 0.05) is 12.2 Å². The molecule has 0 aliphatic rings. The fourth-order valence-electron chi connectivity index (χ4n) is 1.12. The van der Waals surface area contributed by atoms with Crippen LogP contribution in [0.25, 0.3) is 0 Å². The summed E-state index contributed by atoms with van der Waals surface area (Å²) in [7, 11) is 0. The molecule has 0 aromatic heterocycles. The molecule has 0 fully saturated rings. The summed E-state index contributed by atoms with van der Waals surface area (Å²) in [6.07, 6.45) is 0.766. The quantitative estimate of drug-likeness (QED) is 0.741. The summed E-state index contributed by atoms with van der Waals surface area (Å²) in [5, 5.41) is 12.2. The number of aliphatic hydroxyl groups excluding tert-OH is 1. The first-order valence-electron chi connectivity index (χ1n) is 4.73. The Bertz CT molecular complexity index is 241. The minimum atomic E-state index is -0.300. The average Bonchev–Trinajstić information content (AvgIpc) is 2.15. The summed E-state index contributed by atoms with van der Waals surface area (Å²) in [5.74, 6) is 0. The van der Waals surface area contributed by atoms with Gasteiger partial charge in [0.25, 0.3) is 0 Å². The summed E-state index contributed by atoms with van der Waals surface area (Å²) in [6, 6.07) is 8.29. The van der Waals surface area contributed by atoms with Gasteiger partial charge in [-0.3, -0.25) is 0 Å². The van der Waals surface area contributed by atoms with Gasteiger partial charge in [0.1, 0.15) is 0 Å². The Morgan fingerprint density at radius 2 is 1.92 bits per heavy atom. The van der Waals surface area contributed by atoms with Crippen LogP contribution < -0.4 is 5.32 Å². The molecule has 0 radical (unpaired) electrons. The molecule has 2 nitrogen and oxygen atoms in total. The van der Waals surface area contributed by atoms with Crippen molar-refractivity contribution in [3.8, 4) is 0 Å². The molecule has 0 saturated heterocycles. The Morgan fingerprint density at radius 3 is 2.38 bits per heavy atom. The molecule has 0 amide bonds. The van der Waals surface area contributed by atoms with E-state index in [9.17, 15) is 0 Å². The fourth-order valence-corrected chi connectivity index (χ4v) is 1.12. The van der Waals surface area contributed by atoms with Crippen LogP contribution in [-0.4, -0.2) is 17.8 Å². The average molecular weight is 179 g/mol. The molecule has 1 aromatic rings. The molecule has 2 heteroatoms. The number of hydrogen-bond donors (Lipinski definition) is 2. The topological polar surface area (TPSA) is 32.3 Å². The summed E-state index contributed by atoms with van der Waals surface area (Å²) in [4.78, 5) is 0. The van der Waals surface area contributed by atoms with E-state index in [1.165, 1.54) is 5.56 Å². The van der Waals surface area contributed by atoms with Gasteiger partial charge in [0.2, 0.25) is 0 Å². The van der Waals surface area contributed by atoms with Gasteiger partial charge >= 0.3 is 0 Å². The van der Waals surface area contributed by atoms with Crippen LogP contribution >= 0.6 is 0 Å². The molecule has 1 aromatic carbocycles. The van der Waals surface area contributed by atoms with Crippen molar-refractivity contribution in [1.29, 1.82) is 0 Å². The van der Waals surface area contributed by atoms with E-state index >= 15 is 0 Å². The maximum Gasteiger partial charge on any atom is 0.0684 e. The summed E-state index contributed by atoms with van der Waals surface area (Å²) < 4.78 is 0. The van der Waals surface area contributed by atoms with Crippen LogP contribution in [0, 0.1) is 0 Å². The molecule has 72 valence electrons. The third-order valence-electron chi connectivity index (χ3n) is 1.96. The number of anilines is 1. The number of aryl methyl sites for hydroxylation is 1. The molecule has 0 heterocycles. The maximum absolute atomic E-state index is 9.05. The number of aliphatic hydroxyl groups is 1. The number of hydrogen-bond acceptors (Lipinski definition) is 2. The molecule has 0 bridgehead atoms. The van der Waals surface area contributed by atoms with Gasteiger partial charge < -0.3 is 10.4 Å². The molecule has 0 aliphatic carbocycles. The third kappa shape index (κ3) is 3.47. The van der Waals surface area contributed by atoms with Gasteiger partial charge in [-0.05, 0) is 31.0 Å². The van der Waals surface area contributed by atoms with Gasteiger partial charge in [0.15, 0.2) is 0 Å². The van der Waals surface area contributed by atoms with E-state index in [2.05, 4.69) is 24.4 Å². The van der Waals surface area contributed by atoms with E-state index in [0.717, 1.165) is 12.1 Å². The van der Waals surface area contributed by atoms with Gasteiger partial charge in [0.05, 0.1) is 6.10 Å². The number of nitrogens with one attached hydrogen (secondary N) is 1. The van der Waals surface area contributed by atoms with Gasteiger partial charge in [-0.1, -0.05) is 19.1 Å². The standard InChI is InChI=1S/C11H17NO/c1-3-10-4-6-11(7-5-10)12-8-9(2)13/h4-7,9,12-13H,3,8H2,1-2H3/t9-/m0/s1. The maximum atomic E-state index is 9.05. The minimum absolute atomic E-state index is 0.300. The fraction of sp³-hybridized carbons (Fsp3) is 0.455. The predicted molar refractivity (Wildman–Crippen MR) is 56.0 cm³/mol. The van der Waals surface area contributed by atoms with Crippen molar-refractivity contribution in [2.45, 2.75) is 26.4 Å². The highest BCUT2D eigenvalue weighted by atomic mass is 16.3. The van der Waals surface area contributed by atoms with Gasteiger partial charge in [-0.25, -0.2) is 0 Å². The lowest BCUT2D eigenvalue weighted by Crippen LogP contribution is -2.15. The number of rotatable bonds is 4. The van der Waals surface area contributed by atoms with Crippen LogP contribution in [0.2, 0.25) is 0 Å².